The van der Waals surface area contributed by atoms with E-state index in [-0.39, 0.29) is 5.92 Å². The number of anilines is 1. The van der Waals surface area contributed by atoms with Gasteiger partial charge in [0.05, 0.1) is 5.39 Å². The number of aromatic nitrogens is 2. The van der Waals surface area contributed by atoms with Crippen LogP contribution in [0.3, 0.4) is 0 Å². The van der Waals surface area contributed by atoms with E-state index in [9.17, 15) is 9.90 Å². The van der Waals surface area contributed by atoms with Gasteiger partial charge >= 0.3 is 5.97 Å². The van der Waals surface area contributed by atoms with Crippen LogP contribution < -0.4 is 5.32 Å². The van der Waals surface area contributed by atoms with E-state index in [0.29, 0.717) is 16.7 Å². The largest absolute Gasteiger partial charge is 0.480 e. The van der Waals surface area contributed by atoms with Crippen molar-refractivity contribution in [3.8, 4) is 11.1 Å². The Morgan fingerprint density at radius 2 is 1.92 bits per heavy atom. The molecule has 25 heavy (non-hydrogen) atoms. The number of carbonyl (C=O) groups is 1. The van der Waals surface area contributed by atoms with Crippen molar-refractivity contribution >= 4 is 44.9 Å². The third kappa shape index (κ3) is 3.60. The van der Waals surface area contributed by atoms with Crippen LogP contribution in [0.4, 0.5) is 5.82 Å². The zero-order chi connectivity index (χ0) is 18.1. The Balaban J connectivity index is 2.15. The number of hydrogen-bond acceptors (Lipinski definition) is 5. The molecule has 0 bridgehead atoms. The lowest BCUT2D eigenvalue weighted by molar-refractivity contribution is -0.138. The van der Waals surface area contributed by atoms with Crippen molar-refractivity contribution in [3.05, 3.63) is 40.5 Å². The van der Waals surface area contributed by atoms with Crippen LogP contribution in [0.25, 0.3) is 21.3 Å². The number of benzene rings is 1. The number of carboxylic acid groups (broad SMARTS) is 1. The topological polar surface area (TPSA) is 75.1 Å². The molecular formula is C18H18ClN3O2S. The summed E-state index contributed by atoms with van der Waals surface area (Å²) < 4.78 is 0. The van der Waals surface area contributed by atoms with Crippen molar-refractivity contribution in [1.29, 1.82) is 0 Å². The van der Waals surface area contributed by atoms with Gasteiger partial charge in [-0.15, -0.1) is 11.3 Å². The lowest BCUT2D eigenvalue weighted by Crippen LogP contribution is -2.34. The molecule has 2 heterocycles. The molecule has 0 aliphatic rings. The Kier molecular flexibility index (Phi) is 4.92. The number of nitrogens with one attached hydrogen (secondary N) is 1. The molecule has 1 unspecified atom stereocenters. The standard InChI is InChI=1S/C18H18ClN3O2S/c1-9(2)15(18(23)24)22-16-14-13(11-4-6-12(19)7-5-11)8-25-17(14)21-10(3)20-16/h4-9,15H,1-3H3,(H,23,24)(H,20,21,22). The maximum absolute atomic E-state index is 11.6. The van der Waals surface area contributed by atoms with Gasteiger partial charge in [-0.3, -0.25) is 0 Å². The van der Waals surface area contributed by atoms with E-state index in [1.807, 2.05) is 43.5 Å². The summed E-state index contributed by atoms with van der Waals surface area (Å²) in [5.74, 6) is 0.172. The molecule has 0 aliphatic heterocycles. The van der Waals surface area contributed by atoms with Crippen LogP contribution >= 0.6 is 22.9 Å². The maximum atomic E-state index is 11.6. The fourth-order valence-corrected chi connectivity index (χ4v) is 3.77. The third-order valence-corrected chi connectivity index (χ3v) is 5.05. The van der Waals surface area contributed by atoms with Crippen LogP contribution in [-0.2, 0) is 4.79 Å². The van der Waals surface area contributed by atoms with Crippen LogP contribution in [0.15, 0.2) is 29.6 Å². The molecule has 0 aliphatic carbocycles. The first-order valence-corrected chi connectivity index (χ1v) is 9.13. The van der Waals surface area contributed by atoms with Gasteiger partial charge in [0, 0.05) is 16.0 Å². The Hall–Kier alpha value is -2.18. The zero-order valence-electron chi connectivity index (χ0n) is 14.1. The van der Waals surface area contributed by atoms with E-state index in [4.69, 9.17) is 11.6 Å². The first-order valence-electron chi connectivity index (χ1n) is 7.88. The number of aryl methyl sites for hydroxylation is 1. The number of rotatable bonds is 5. The van der Waals surface area contributed by atoms with Crippen molar-refractivity contribution in [1.82, 2.24) is 9.97 Å². The lowest BCUT2D eigenvalue weighted by Gasteiger charge is -2.19. The Morgan fingerprint density at radius 1 is 1.24 bits per heavy atom. The molecule has 0 spiro atoms. The molecule has 0 amide bonds. The van der Waals surface area contributed by atoms with Crippen molar-refractivity contribution in [2.45, 2.75) is 26.8 Å². The smallest absolute Gasteiger partial charge is 0.326 e. The van der Waals surface area contributed by atoms with Gasteiger partial charge < -0.3 is 10.4 Å². The van der Waals surface area contributed by atoms with Gasteiger partial charge in [0.2, 0.25) is 0 Å². The van der Waals surface area contributed by atoms with Crippen LogP contribution in [0.5, 0.6) is 0 Å². The molecule has 0 saturated carbocycles. The van der Waals surface area contributed by atoms with E-state index in [2.05, 4.69) is 15.3 Å². The average molecular weight is 376 g/mol. The van der Waals surface area contributed by atoms with Gasteiger partial charge in [0.1, 0.15) is 22.5 Å². The monoisotopic (exact) mass is 375 g/mol. The number of carboxylic acids is 1. The molecule has 7 heteroatoms. The average Bonchev–Trinajstić information content (AvgIpc) is 2.96. The highest BCUT2D eigenvalue weighted by atomic mass is 35.5. The van der Waals surface area contributed by atoms with Gasteiger partial charge in [0.25, 0.3) is 0 Å². The van der Waals surface area contributed by atoms with E-state index in [1.54, 1.807) is 6.92 Å². The molecule has 3 rings (SSSR count). The minimum Gasteiger partial charge on any atom is -0.480 e. The second-order valence-electron chi connectivity index (χ2n) is 6.16. The summed E-state index contributed by atoms with van der Waals surface area (Å²) in [6, 6.07) is 6.80. The molecule has 1 atom stereocenters. The molecule has 5 nitrogen and oxygen atoms in total. The number of hydrogen-bond donors (Lipinski definition) is 2. The Bertz CT molecular complexity index is 922. The first-order chi connectivity index (χ1) is 11.9. The summed E-state index contributed by atoms with van der Waals surface area (Å²) >= 11 is 7.50. The highest BCUT2D eigenvalue weighted by Gasteiger charge is 2.24. The fraction of sp³-hybridized carbons (Fsp3) is 0.278. The summed E-state index contributed by atoms with van der Waals surface area (Å²) in [6.07, 6.45) is 0. The number of thiophene rings is 1. The van der Waals surface area contributed by atoms with Gasteiger partial charge in [-0.25, -0.2) is 14.8 Å². The summed E-state index contributed by atoms with van der Waals surface area (Å²) in [6.45, 7) is 5.53. The van der Waals surface area contributed by atoms with Gasteiger partial charge in [-0.2, -0.15) is 0 Å². The van der Waals surface area contributed by atoms with Crippen LogP contribution in [0.2, 0.25) is 5.02 Å². The first kappa shape index (κ1) is 17.6. The fourth-order valence-electron chi connectivity index (χ4n) is 2.66. The van der Waals surface area contributed by atoms with E-state index < -0.39 is 12.0 Å². The highest BCUT2D eigenvalue weighted by Crippen LogP contribution is 2.37. The number of fused-ring (bicyclic) bond motifs is 1. The predicted octanol–water partition coefficient (Wildman–Crippen LogP) is 4.84. The molecule has 0 saturated heterocycles. The minimum atomic E-state index is -0.900. The SMILES string of the molecule is Cc1nc(NC(C(=O)O)C(C)C)c2c(-c3ccc(Cl)cc3)csc2n1. The predicted molar refractivity (Wildman–Crippen MR) is 102 cm³/mol. The maximum Gasteiger partial charge on any atom is 0.326 e. The molecular weight excluding hydrogens is 358 g/mol. The zero-order valence-corrected chi connectivity index (χ0v) is 15.6. The highest BCUT2D eigenvalue weighted by molar-refractivity contribution is 7.17. The quantitative estimate of drug-likeness (QED) is 0.667. The van der Waals surface area contributed by atoms with Crippen molar-refractivity contribution in [3.63, 3.8) is 0 Å². The normalized spacial score (nSPS) is 12.5. The Morgan fingerprint density at radius 3 is 2.52 bits per heavy atom. The second kappa shape index (κ2) is 6.98. The van der Waals surface area contributed by atoms with Crippen molar-refractivity contribution in [2.24, 2.45) is 5.92 Å². The molecule has 0 radical (unpaired) electrons. The molecule has 1 aromatic carbocycles. The summed E-state index contributed by atoms with van der Waals surface area (Å²) in [7, 11) is 0. The van der Waals surface area contributed by atoms with Crippen LogP contribution in [0.1, 0.15) is 19.7 Å². The van der Waals surface area contributed by atoms with E-state index in [0.717, 1.165) is 21.3 Å². The number of aliphatic carboxylic acids is 1. The Labute approximate surface area is 154 Å². The molecule has 3 aromatic rings. The minimum absolute atomic E-state index is 0.0829. The van der Waals surface area contributed by atoms with E-state index >= 15 is 0 Å². The molecule has 0 fully saturated rings. The van der Waals surface area contributed by atoms with Crippen LogP contribution in [0, 0.1) is 12.8 Å². The molecule has 130 valence electrons. The van der Waals surface area contributed by atoms with Crippen molar-refractivity contribution < 1.29 is 9.90 Å². The summed E-state index contributed by atoms with van der Waals surface area (Å²) in [5, 5.41) is 16.1. The lowest BCUT2D eigenvalue weighted by atomic mass is 10.0. The second-order valence-corrected chi connectivity index (χ2v) is 7.45. The van der Waals surface area contributed by atoms with E-state index in [1.165, 1.54) is 11.3 Å². The number of nitrogens with zero attached hydrogens (tertiary/aromatic N) is 2. The third-order valence-electron chi connectivity index (χ3n) is 3.93. The van der Waals surface area contributed by atoms with Gasteiger partial charge in [0.15, 0.2) is 0 Å². The summed E-state index contributed by atoms with van der Waals surface area (Å²) in [5.41, 5.74) is 1.95. The van der Waals surface area contributed by atoms with Gasteiger partial charge in [-0.05, 0) is 30.5 Å². The summed E-state index contributed by atoms with van der Waals surface area (Å²) in [4.78, 5) is 21.4. The van der Waals surface area contributed by atoms with Crippen LogP contribution in [-0.4, -0.2) is 27.1 Å². The molecule has 2 N–H and O–H groups in total. The van der Waals surface area contributed by atoms with Gasteiger partial charge in [-0.1, -0.05) is 37.6 Å². The molecule has 2 aromatic heterocycles. The van der Waals surface area contributed by atoms with Crippen molar-refractivity contribution in [2.75, 3.05) is 5.32 Å². The number of halogens is 1.